The maximum absolute atomic E-state index is 12.1. The van der Waals surface area contributed by atoms with Gasteiger partial charge in [-0.25, -0.2) is 0 Å². The van der Waals surface area contributed by atoms with Crippen LogP contribution in [0.3, 0.4) is 0 Å². The van der Waals surface area contributed by atoms with E-state index in [9.17, 15) is 13.2 Å². The van der Waals surface area contributed by atoms with Gasteiger partial charge in [-0.15, -0.1) is 0 Å². The zero-order valence-electron chi connectivity index (χ0n) is 9.49. The molecule has 0 radical (unpaired) electrons. The molecule has 0 fully saturated rings. The van der Waals surface area contributed by atoms with E-state index in [1.54, 1.807) is 18.3 Å². The summed E-state index contributed by atoms with van der Waals surface area (Å²) in [7, 11) is 0. The summed E-state index contributed by atoms with van der Waals surface area (Å²) in [6.45, 7) is 0. The van der Waals surface area contributed by atoms with Crippen LogP contribution >= 0.6 is 42.4 Å². The van der Waals surface area contributed by atoms with Gasteiger partial charge in [-0.05, 0) is 0 Å². The van der Waals surface area contributed by atoms with E-state index in [4.69, 9.17) is 0 Å². The number of allylic oxidation sites excluding steroid dienone is 1. The summed E-state index contributed by atoms with van der Waals surface area (Å²) >= 11 is 0.670. The first kappa shape index (κ1) is 14.9. The zero-order valence-corrected chi connectivity index (χ0v) is 13.8. The van der Waals surface area contributed by atoms with Gasteiger partial charge in [0.1, 0.15) is 0 Å². The Balaban J connectivity index is 2.15. The molecule has 0 saturated carbocycles. The van der Waals surface area contributed by atoms with E-state index in [-0.39, 0.29) is 5.75 Å². The number of ether oxygens (including phenoxy) is 1. The van der Waals surface area contributed by atoms with Crippen LogP contribution in [-0.2, 0) is 0 Å². The van der Waals surface area contributed by atoms with Crippen molar-refractivity contribution in [3.8, 4) is 5.75 Å². The van der Waals surface area contributed by atoms with Gasteiger partial charge in [0.2, 0.25) is 0 Å². The summed E-state index contributed by atoms with van der Waals surface area (Å²) in [6.07, 6.45) is -0.980. The van der Waals surface area contributed by atoms with Crippen LogP contribution in [0.2, 0.25) is 0 Å². The van der Waals surface area contributed by atoms with Crippen molar-refractivity contribution in [1.82, 2.24) is 4.67 Å². The first-order chi connectivity index (χ1) is 8.94. The summed E-state index contributed by atoms with van der Waals surface area (Å²) in [5.74, 6) is -0.180. The van der Waals surface area contributed by atoms with Crippen molar-refractivity contribution in [3.05, 3.63) is 35.5 Å². The molecular formula is C12H9F3I2NO+. The Bertz CT molecular complexity index is 545. The number of halogens is 5. The van der Waals surface area contributed by atoms with Crippen molar-refractivity contribution in [2.24, 2.45) is 0 Å². The number of rotatable bonds is 2. The molecule has 0 bridgehead atoms. The fourth-order valence-corrected chi connectivity index (χ4v) is 7.39. The number of benzene rings is 1. The Labute approximate surface area is 129 Å². The number of nitrogens with zero attached hydrogens (tertiary/aromatic N) is 1. The Hall–Kier alpha value is -0.540. The van der Waals surface area contributed by atoms with Gasteiger partial charge in [0, 0.05) is 0 Å². The third kappa shape index (κ3) is 4.81. The second-order valence-corrected chi connectivity index (χ2v) is 9.77. The minimum atomic E-state index is -4.64. The molecule has 1 aromatic carbocycles. The van der Waals surface area contributed by atoms with Crippen LogP contribution in [0.15, 0.2) is 31.9 Å². The van der Waals surface area contributed by atoms with Crippen LogP contribution in [0.4, 0.5) is 13.2 Å². The molecule has 19 heavy (non-hydrogen) atoms. The zero-order chi connectivity index (χ0) is 13.9. The molecule has 1 aliphatic rings. The first-order valence-electron chi connectivity index (χ1n) is 5.16. The van der Waals surface area contributed by atoms with Crippen molar-refractivity contribution in [2.75, 3.05) is 4.43 Å². The Kier molecular flexibility index (Phi) is 4.91. The van der Waals surface area contributed by atoms with E-state index in [1.165, 1.54) is 12.1 Å². The summed E-state index contributed by atoms with van der Waals surface area (Å²) < 4.78 is 49.4. The van der Waals surface area contributed by atoms with E-state index in [1.807, 2.05) is 6.21 Å². The fourth-order valence-electron chi connectivity index (χ4n) is 1.39. The molecular weight excluding hydrogens is 485 g/mol. The average molecular weight is 494 g/mol. The number of hydrogen-bond acceptors (Lipinski definition) is 1. The van der Waals surface area contributed by atoms with Crippen LogP contribution in [-0.4, -0.2) is 23.2 Å². The van der Waals surface area contributed by atoms with E-state index in [2.05, 4.69) is 36.1 Å². The molecule has 102 valence electrons. The second-order valence-electron chi connectivity index (χ2n) is 3.51. The van der Waals surface area contributed by atoms with Crippen LogP contribution in [0.25, 0.3) is 0 Å². The quantitative estimate of drug-likeness (QED) is 0.349. The van der Waals surface area contributed by atoms with Crippen molar-refractivity contribution >= 4 is 54.8 Å². The molecule has 0 saturated heterocycles. The fraction of sp³-hybridized carbons (Fsp3) is 0.167. The predicted octanol–water partition coefficient (Wildman–Crippen LogP) is 3.76. The Morgan fingerprint density at radius 2 is 1.89 bits per heavy atom. The molecule has 1 aliphatic heterocycles. The Morgan fingerprint density at radius 3 is 2.53 bits per heavy atom. The van der Waals surface area contributed by atoms with Gasteiger partial charge in [0.05, 0.1) is 0 Å². The molecule has 0 atom stereocenters. The SMILES string of the molecule is FC(F)(F)Oc1ccc(I2C=C(I)C=[N+]=CC2)cc1. The molecule has 0 unspecified atom stereocenters. The molecule has 2 nitrogen and oxygen atoms in total. The van der Waals surface area contributed by atoms with Gasteiger partial charge >= 0.3 is 129 Å². The van der Waals surface area contributed by atoms with Crippen LogP contribution < -0.4 is 9.40 Å². The molecule has 0 aliphatic carbocycles. The monoisotopic (exact) mass is 494 g/mol. The van der Waals surface area contributed by atoms with Gasteiger partial charge in [0.15, 0.2) is 0 Å². The van der Waals surface area contributed by atoms with E-state index in [0.29, 0.717) is 0 Å². The molecule has 2 rings (SSSR count). The first-order valence-corrected chi connectivity index (χ1v) is 10.1. The third-order valence-electron chi connectivity index (χ3n) is 2.10. The topological polar surface area (TPSA) is 23.3 Å². The summed E-state index contributed by atoms with van der Waals surface area (Å²) in [6, 6.07) is 6.16. The van der Waals surface area contributed by atoms with Crippen molar-refractivity contribution < 1.29 is 17.9 Å². The summed E-state index contributed by atoms with van der Waals surface area (Å²) in [5, 5.41) is 0. The minimum absolute atomic E-state index is 0.180. The van der Waals surface area contributed by atoms with Gasteiger partial charge < -0.3 is 0 Å². The Morgan fingerprint density at radius 1 is 1.21 bits per heavy atom. The van der Waals surface area contributed by atoms with Gasteiger partial charge in [-0.3, -0.25) is 0 Å². The predicted molar refractivity (Wildman–Crippen MR) is 87.1 cm³/mol. The third-order valence-corrected chi connectivity index (χ3v) is 8.97. The van der Waals surface area contributed by atoms with E-state index >= 15 is 0 Å². The molecule has 7 heteroatoms. The standard InChI is InChI=1S/C12H9F3I2NO/c13-12(14,15)19-11-3-1-10(2-4-11)17-5-6-18-8-9(16)7-17/h1-4,6-8H,5H2/q+1. The van der Waals surface area contributed by atoms with Crippen molar-refractivity contribution in [2.45, 2.75) is 6.36 Å². The molecule has 0 amide bonds. The van der Waals surface area contributed by atoms with Gasteiger partial charge in [-0.2, -0.15) is 0 Å². The van der Waals surface area contributed by atoms with Crippen molar-refractivity contribution in [1.29, 1.82) is 0 Å². The number of hydrogen-bond donors (Lipinski definition) is 0. The van der Waals surface area contributed by atoms with E-state index in [0.717, 1.165) is 11.6 Å². The van der Waals surface area contributed by atoms with Gasteiger partial charge in [-0.1, -0.05) is 0 Å². The van der Waals surface area contributed by atoms with Crippen molar-refractivity contribution in [3.63, 3.8) is 0 Å². The molecule has 1 aromatic rings. The molecule has 0 N–H and O–H groups in total. The van der Waals surface area contributed by atoms with Crippen LogP contribution in [0, 0.1) is 3.57 Å². The van der Waals surface area contributed by atoms with Crippen LogP contribution in [0.5, 0.6) is 5.75 Å². The molecule has 0 spiro atoms. The second kappa shape index (κ2) is 6.27. The van der Waals surface area contributed by atoms with E-state index < -0.39 is 26.2 Å². The molecule has 1 heterocycles. The average Bonchev–Trinajstić information content (AvgIpc) is 2.53. The van der Waals surface area contributed by atoms with Gasteiger partial charge in [0.25, 0.3) is 0 Å². The summed E-state index contributed by atoms with van der Waals surface area (Å²) in [5.41, 5.74) is 0. The number of alkyl halides is 4. The molecule has 0 aromatic heterocycles. The normalized spacial score (nSPS) is 17.1. The maximum atomic E-state index is 12.1. The van der Waals surface area contributed by atoms with Crippen LogP contribution in [0.1, 0.15) is 0 Å². The summed E-state index contributed by atoms with van der Waals surface area (Å²) in [4.78, 5) is 0.